The lowest BCUT2D eigenvalue weighted by molar-refractivity contribution is -0.586. The molecule has 3 spiro atoms. The van der Waals surface area contributed by atoms with Crippen LogP contribution in [-0.2, 0) is 120 Å². The Kier molecular flexibility index (Phi) is 18.8. The molecule has 24 atom stereocenters. The van der Waals surface area contributed by atoms with Crippen LogP contribution in [0.25, 0.3) is 0 Å². The summed E-state index contributed by atoms with van der Waals surface area (Å²) in [5.41, 5.74) is -5.41. The predicted octanol–water partition coefficient (Wildman–Crippen LogP) is 8.09. The average Bonchev–Trinajstić information content (AvgIpc) is 1.27. The Morgan fingerprint density at radius 1 is 0.424 bits per heavy atom. The molecule has 0 aromatic heterocycles. The van der Waals surface area contributed by atoms with Crippen LogP contribution in [0.4, 0.5) is 4.79 Å². The Morgan fingerprint density at radius 2 is 0.815 bits per heavy atom. The van der Waals surface area contributed by atoms with Crippen molar-refractivity contribution in [2.24, 2.45) is 70.5 Å². The van der Waals surface area contributed by atoms with Crippen LogP contribution in [0.1, 0.15) is 192 Å². The molecule has 27 nitrogen and oxygen atoms in total. The van der Waals surface area contributed by atoms with E-state index in [4.69, 9.17) is 90.9 Å². The van der Waals surface area contributed by atoms with E-state index in [1.807, 2.05) is 20.8 Å². The topological polar surface area (TPSA) is 307 Å². The number of alkyl carbamates (subject to hydrolysis) is 1. The minimum Gasteiger partial charge on any atom is -0.463 e. The van der Waals surface area contributed by atoms with E-state index in [0.29, 0.717) is 31.1 Å². The first-order valence-electron chi connectivity index (χ1n) is 33.7. The van der Waals surface area contributed by atoms with E-state index in [0.717, 1.165) is 57.8 Å². The summed E-state index contributed by atoms with van der Waals surface area (Å²) in [6, 6.07) is 0. The molecule has 27 heteroatoms. The lowest BCUT2D eigenvalue weighted by Crippen LogP contribution is -2.74. The van der Waals surface area contributed by atoms with Gasteiger partial charge in [-0.1, -0.05) is 48.5 Å². The summed E-state index contributed by atoms with van der Waals surface area (Å²) in [4.78, 5) is 132. The number of fused-ring (bicyclic) bond motifs is 6. The van der Waals surface area contributed by atoms with Crippen molar-refractivity contribution in [3.63, 3.8) is 0 Å². The highest BCUT2D eigenvalue weighted by Crippen LogP contribution is 2.67. The van der Waals surface area contributed by atoms with Crippen LogP contribution in [0.3, 0.4) is 0 Å². The molecule has 0 radical (unpaired) electrons. The first-order valence-corrected chi connectivity index (χ1v) is 33.7. The third kappa shape index (κ3) is 12.0. The number of rotatable bonds is 20. The van der Waals surface area contributed by atoms with Gasteiger partial charge < -0.3 is 66.9 Å². The van der Waals surface area contributed by atoms with Crippen molar-refractivity contribution in [3.05, 3.63) is 0 Å². The van der Waals surface area contributed by atoms with Gasteiger partial charge in [0, 0.05) is 54.3 Å². The van der Waals surface area contributed by atoms with Crippen LogP contribution in [0.15, 0.2) is 0 Å². The Hall–Kier alpha value is -4.39. The summed E-state index contributed by atoms with van der Waals surface area (Å²) in [6.07, 6.45) is -0.683. The van der Waals surface area contributed by atoms with E-state index in [2.05, 4.69) is 33.0 Å². The number of amides is 1. The van der Waals surface area contributed by atoms with Gasteiger partial charge in [-0.2, -0.15) is 0 Å². The van der Waals surface area contributed by atoms with Crippen LogP contribution in [0.5, 0.6) is 0 Å². The number of hydrogen-bond donors (Lipinski definition) is 1. The number of esters is 6. The summed E-state index contributed by atoms with van der Waals surface area (Å²) >= 11 is 0. The second-order valence-corrected chi connectivity index (χ2v) is 29.5. The van der Waals surface area contributed by atoms with Gasteiger partial charge in [-0.05, 0) is 121 Å². The maximum atomic E-state index is 13.7. The predicted molar refractivity (Wildman–Crippen MR) is 307 cm³/mol. The first kappa shape index (κ1) is 67.6. The zero-order chi connectivity index (χ0) is 65.6. The highest BCUT2D eigenvalue weighted by Gasteiger charge is 2.76. The molecular formula is C65H95NO26. The lowest BCUT2D eigenvalue weighted by Gasteiger charge is -2.65. The summed E-state index contributed by atoms with van der Waals surface area (Å²) in [5, 5.41) is 2.55. The Bertz CT molecular complexity index is 2700. The van der Waals surface area contributed by atoms with Gasteiger partial charge in [0.2, 0.25) is 36.2 Å². The standard InChI is InChI=1S/C65H95NO26/c1-12-74-57(73)66-62(31-75-45(67)17-20-48(70)78-51-37(5)43-15-13-34(2)40-24-28-59(9)84-54(81-51)63(40,43)90-87-59,32-76-46(68)18-21-49(71)79-52-38(6)44-16-14-35(3)41-25-29-60(10)85-55(82-52)64(41,44)91-88-60)33-77-47(69)19-22-50(72)80-53-39(7)58(8)27-23-36(4)42-26-30-61(11)86-56(83-53)65(42,58)92-89-61/h34-44,51-56H,12-33H2,1-11H3,(H,66,73)/t34-,35-,36-,37-,38-,39+,40+,41+,42+,43+,44+,51-,52-,53-,54-,55-,56-,58+,59-,60-,61-,63-,64-,65+/m1/s1. The van der Waals surface area contributed by atoms with Crippen molar-refractivity contribution in [3.8, 4) is 0 Å². The van der Waals surface area contributed by atoms with Crippen molar-refractivity contribution in [2.45, 2.75) is 269 Å². The van der Waals surface area contributed by atoms with Gasteiger partial charge in [0.15, 0.2) is 35.7 Å². The normalized spacial score (nSPS) is 45.2. The highest BCUT2D eigenvalue weighted by atomic mass is 17.3. The van der Waals surface area contributed by atoms with Gasteiger partial charge in [-0.15, -0.1) is 0 Å². The minimum atomic E-state index is -2.06. The lowest BCUT2D eigenvalue weighted by atomic mass is 9.50. The molecule has 0 aromatic carbocycles. The smallest absolute Gasteiger partial charge is 0.407 e. The van der Waals surface area contributed by atoms with Crippen LogP contribution in [0.2, 0.25) is 0 Å². The Morgan fingerprint density at radius 3 is 1.27 bits per heavy atom. The van der Waals surface area contributed by atoms with Crippen LogP contribution < -0.4 is 5.32 Å². The van der Waals surface area contributed by atoms with E-state index in [1.165, 1.54) is 6.92 Å². The Balaban J connectivity index is 0.689. The summed E-state index contributed by atoms with van der Waals surface area (Å²) in [5.74, 6) is -8.59. The van der Waals surface area contributed by atoms with E-state index in [9.17, 15) is 33.6 Å². The molecule has 15 aliphatic rings. The zero-order valence-corrected chi connectivity index (χ0v) is 55.0. The second kappa shape index (κ2) is 25.6. The van der Waals surface area contributed by atoms with Crippen molar-refractivity contribution in [1.82, 2.24) is 5.32 Å². The monoisotopic (exact) mass is 1310 g/mol. The molecule has 1 N–H and O–H groups in total. The molecule has 92 heavy (non-hydrogen) atoms. The number of nitrogens with one attached hydrogen (secondary N) is 1. The average molecular weight is 1310 g/mol. The molecule has 3 saturated carbocycles. The van der Waals surface area contributed by atoms with Crippen molar-refractivity contribution in [2.75, 3.05) is 26.4 Å². The van der Waals surface area contributed by atoms with E-state index >= 15 is 0 Å². The maximum Gasteiger partial charge on any atom is 0.407 e. The molecule has 516 valence electrons. The maximum absolute atomic E-state index is 13.7. The van der Waals surface area contributed by atoms with Crippen molar-refractivity contribution in [1.29, 1.82) is 0 Å². The molecule has 12 aliphatic heterocycles. The van der Waals surface area contributed by atoms with Gasteiger partial charge in [0.05, 0.1) is 45.1 Å². The van der Waals surface area contributed by atoms with E-state index in [-0.39, 0.29) is 54.0 Å². The molecule has 3 aliphatic carbocycles. The van der Waals surface area contributed by atoms with Gasteiger partial charge in [-0.3, -0.25) is 28.8 Å². The largest absolute Gasteiger partial charge is 0.463 e. The van der Waals surface area contributed by atoms with E-state index < -0.39 is 189 Å². The fourth-order valence-electron chi connectivity index (χ4n) is 18.0. The van der Waals surface area contributed by atoms with Crippen molar-refractivity contribution >= 4 is 41.9 Å². The van der Waals surface area contributed by atoms with Crippen LogP contribution >= 0.6 is 0 Å². The molecule has 1 amide bonds. The highest BCUT2D eigenvalue weighted by molar-refractivity contribution is 5.79. The quantitative estimate of drug-likeness (QED) is 0.0684. The van der Waals surface area contributed by atoms with E-state index in [1.54, 1.807) is 20.8 Å². The molecule has 15 rings (SSSR count). The first-order chi connectivity index (χ1) is 43.6. The van der Waals surface area contributed by atoms with Crippen molar-refractivity contribution < 1.29 is 124 Å². The number of hydrogen-bond acceptors (Lipinski definition) is 26. The molecule has 0 aromatic rings. The zero-order valence-electron chi connectivity index (χ0n) is 55.0. The summed E-state index contributed by atoms with van der Waals surface area (Å²) in [6.45, 7) is 18.8. The molecular weight excluding hydrogens is 1210 g/mol. The fourth-order valence-corrected chi connectivity index (χ4v) is 18.0. The molecule has 6 bridgehead atoms. The third-order valence-electron chi connectivity index (χ3n) is 23.6. The second-order valence-electron chi connectivity index (χ2n) is 29.5. The third-order valence-corrected chi connectivity index (χ3v) is 23.6. The van der Waals surface area contributed by atoms with Crippen LogP contribution in [0, 0.1) is 70.5 Å². The number of ether oxygens (including phenoxy) is 13. The van der Waals surface area contributed by atoms with Gasteiger partial charge in [-0.25, -0.2) is 34.1 Å². The SMILES string of the molecule is CCOC(=O)NC(COC(=O)CCC(=O)O[C@@H]1O[C@@H]2O[C@@]3(C)CC[C@H]4[C@H](C)CC[C@@H]([C@H]1C)[C@@]24OO3)(COC(=O)CCC(=O)O[C@@H]1O[C@@H]2O[C@@]3(C)CC[C@H]4[C@H](C)CC[C@@H]([C@H]1C)[C@@]24OO3)COC(=O)CCC(=O)O[C@@H]1O[C@@H]2O[C@@]3(C)CC[C@H]4[C@H](C)CC[C@@](C)([C@H]1C)[C@@]24OO3. The van der Waals surface area contributed by atoms with Gasteiger partial charge in [0.25, 0.3) is 0 Å². The molecule has 15 fully saturated rings. The molecule has 12 heterocycles. The molecule has 12 saturated heterocycles. The number of carbonyl (C=O) groups is 7. The summed E-state index contributed by atoms with van der Waals surface area (Å²) in [7, 11) is 0. The molecule has 0 unspecified atom stereocenters. The van der Waals surface area contributed by atoms with Gasteiger partial charge in [0.1, 0.15) is 25.4 Å². The number of carbonyl (C=O) groups excluding carboxylic acids is 7. The Labute approximate surface area is 536 Å². The van der Waals surface area contributed by atoms with Gasteiger partial charge >= 0.3 is 41.9 Å². The fraction of sp³-hybridized carbons (Fsp3) is 0.892. The van der Waals surface area contributed by atoms with Crippen LogP contribution in [-0.4, -0.2) is 146 Å². The minimum absolute atomic E-state index is 0.0502. The summed E-state index contributed by atoms with van der Waals surface area (Å²) < 4.78 is 78.6.